The third-order valence-electron chi connectivity index (χ3n) is 4.95. The van der Waals surface area contributed by atoms with E-state index in [2.05, 4.69) is 5.32 Å². The Bertz CT molecular complexity index is 1330. The van der Waals surface area contributed by atoms with Crippen LogP contribution >= 0.6 is 22.9 Å². The van der Waals surface area contributed by atoms with Gasteiger partial charge in [-0.3, -0.25) is 9.59 Å². The highest BCUT2D eigenvalue weighted by molar-refractivity contribution is 7.09. The number of rotatable bonds is 6. The van der Waals surface area contributed by atoms with E-state index in [1.165, 1.54) is 24.3 Å². The van der Waals surface area contributed by atoms with Gasteiger partial charge in [0.2, 0.25) is 5.43 Å². The molecular weight excluding hydrogens is 453 g/mol. The van der Waals surface area contributed by atoms with Crippen LogP contribution in [0.15, 0.2) is 63.1 Å². The quantitative estimate of drug-likeness (QED) is 0.391. The predicted octanol–water partition coefficient (Wildman–Crippen LogP) is 5.71. The number of hydrogen-bond donors (Lipinski definition) is 1. The van der Waals surface area contributed by atoms with Crippen LogP contribution in [-0.4, -0.2) is 12.0 Å². The molecule has 1 amide bonds. The first kappa shape index (κ1) is 22.0. The van der Waals surface area contributed by atoms with Gasteiger partial charge < -0.3 is 14.5 Å². The first-order valence-corrected chi connectivity index (χ1v) is 11.1. The molecular formula is C24H19ClFNO4S. The van der Waals surface area contributed by atoms with Gasteiger partial charge in [-0.25, -0.2) is 4.39 Å². The van der Waals surface area contributed by atoms with Gasteiger partial charge in [0.1, 0.15) is 22.9 Å². The Balaban J connectivity index is 1.60. The number of nitrogens with one attached hydrogen (secondary N) is 1. The lowest BCUT2D eigenvalue weighted by Gasteiger charge is -2.15. The molecule has 5 nitrogen and oxygen atoms in total. The fourth-order valence-corrected chi connectivity index (χ4v) is 4.28. The highest BCUT2D eigenvalue weighted by Gasteiger charge is 2.20. The van der Waals surface area contributed by atoms with Crippen LogP contribution in [0.2, 0.25) is 5.02 Å². The summed E-state index contributed by atoms with van der Waals surface area (Å²) in [5.41, 5.74) is -0.0364. The van der Waals surface area contributed by atoms with Gasteiger partial charge in [0.05, 0.1) is 22.5 Å². The molecule has 1 N–H and O–H groups in total. The van der Waals surface area contributed by atoms with Crippen molar-refractivity contribution in [1.82, 2.24) is 5.32 Å². The number of thiophene rings is 1. The molecule has 1 atom stereocenters. The lowest BCUT2D eigenvalue weighted by atomic mass is 10.0. The molecule has 4 aromatic rings. The first-order valence-electron chi connectivity index (χ1n) is 9.83. The standard InChI is InChI=1S/C24H19ClFNO4S/c1-13-21(22-18(25)6-3-7-19(22)26)23(28)17-9-8-15(11-20(17)31-13)30-14(2)24(29)27-12-16-5-4-10-32-16/h3-11,14H,12H2,1-2H3,(H,27,29). The second kappa shape index (κ2) is 9.14. The first-order chi connectivity index (χ1) is 15.3. The molecule has 0 saturated heterocycles. The summed E-state index contributed by atoms with van der Waals surface area (Å²) < 4.78 is 26.0. The maximum absolute atomic E-state index is 14.4. The molecule has 164 valence electrons. The van der Waals surface area contributed by atoms with Gasteiger partial charge >= 0.3 is 0 Å². The third-order valence-corrected chi connectivity index (χ3v) is 6.14. The number of fused-ring (bicyclic) bond motifs is 1. The van der Waals surface area contributed by atoms with Crippen LogP contribution < -0.4 is 15.5 Å². The Morgan fingerprint density at radius 3 is 2.75 bits per heavy atom. The van der Waals surface area contributed by atoms with Crippen molar-refractivity contribution < 1.29 is 18.3 Å². The highest BCUT2D eigenvalue weighted by Crippen LogP contribution is 2.33. The van der Waals surface area contributed by atoms with Crippen LogP contribution in [0, 0.1) is 12.7 Å². The summed E-state index contributed by atoms with van der Waals surface area (Å²) in [4.78, 5) is 26.5. The van der Waals surface area contributed by atoms with Crippen LogP contribution in [0.3, 0.4) is 0 Å². The van der Waals surface area contributed by atoms with Gasteiger partial charge in [-0.15, -0.1) is 11.3 Å². The number of halogens is 2. The maximum Gasteiger partial charge on any atom is 0.261 e. The van der Waals surface area contributed by atoms with Gasteiger partial charge in [0, 0.05) is 16.5 Å². The van der Waals surface area contributed by atoms with Crippen molar-refractivity contribution in [3.63, 3.8) is 0 Å². The van der Waals surface area contributed by atoms with E-state index in [0.717, 1.165) is 4.88 Å². The monoisotopic (exact) mass is 471 g/mol. The molecule has 2 aromatic carbocycles. The van der Waals surface area contributed by atoms with Crippen LogP contribution in [-0.2, 0) is 11.3 Å². The van der Waals surface area contributed by atoms with Crippen molar-refractivity contribution in [1.29, 1.82) is 0 Å². The van der Waals surface area contributed by atoms with Crippen LogP contribution in [0.25, 0.3) is 22.1 Å². The Hall–Kier alpha value is -3.16. The van der Waals surface area contributed by atoms with Crippen molar-refractivity contribution in [3.05, 3.63) is 85.6 Å². The van der Waals surface area contributed by atoms with E-state index in [4.69, 9.17) is 20.8 Å². The Morgan fingerprint density at radius 2 is 2.03 bits per heavy atom. The summed E-state index contributed by atoms with van der Waals surface area (Å²) in [6.45, 7) is 3.64. The average Bonchev–Trinajstić information content (AvgIpc) is 3.27. The van der Waals surface area contributed by atoms with Gasteiger partial charge in [-0.05, 0) is 49.6 Å². The molecule has 8 heteroatoms. The highest BCUT2D eigenvalue weighted by atomic mass is 35.5. The van der Waals surface area contributed by atoms with E-state index < -0.39 is 17.3 Å². The number of benzene rings is 2. The number of ether oxygens (including phenoxy) is 1. The van der Waals surface area contributed by atoms with Crippen molar-refractivity contribution >= 4 is 39.8 Å². The molecule has 0 bridgehead atoms. The fraction of sp³-hybridized carbons (Fsp3) is 0.167. The Kier molecular flexibility index (Phi) is 6.30. The number of carbonyl (C=O) groups is 1. The molecule has 1 unspecified atom stereocenters. The predicted molar refractivity (Wildman–Crippen MR) is 124 cm³/mol. The minimum absolute atomic E-state index is 0.0127. The third kappa shape index (κ3) is 4.40. The minimum atomic E-state index is -0.753. The Morgan fingerprint density at radius 1 is 1.22 bits per heavy atom. The number of hydrogen-bond acceptors (Lipinski definition) is 5. The molecule has 0 saturated carbocycles. The van der Waals surface area contributed by atoms with Crippen LogP contribution in [0.1, 0.15) is 17.6 Å². The normalized spacial score (nSPS) is 12.0. The molecule has 0 aliphatic carbocycles. The second-order valence-electron chi connectivity index (χ2n) is 7.17. The molecule has 2 heterocycles. The van der Waals surface area contributed by atoms with Crippen molar-refractivity contribution in [2.24, 2.45) is 0 Å². The summed E-state index contributed by atoms with van der Waals surface area (Å²) in [6, 6.07) is 12.7. The summed E-state index contributed by atoms with van der Waals surface area (Å²) in [7, 11) is 0. The summed E-state index contributed by atoms with van der Waals surface area (Å²) in [5.74, 6) is -0.265. The zero-order valence-electron chi connectivity index (χ0n) is 17.3. The van der Waals surface area contributed by atoms with Gasteiger partial charge in [-0.1, -0.05) is 23.7 Å². The van der Waals surface area contributed by atoms with E-state index in [0.29, 0.717) is 12.3 Å². The fourth-order valence-electron chi connectivity index (χ4n) is 3.37. The Labute approximate surface area is 192 Å². The van der Waals surface area contributed by atoms with E-state index in [-0.39, 0.29) is 38.8 Å². The largest absolute Gasteiger partial charge is 0.481 e. The molecule has 0 fully saturated rings. The smallest absolute Gasteiger partial charge is 0.261 e. The summed E-state index contributed by atoms with van der Waals surface area (Å²) in [6.07, 6.45) is -0.753. The van der Waals surface area contributed by atoms with E-state index in [1.54, 1.807) is 37.3 Å². The lowest BCUT2D eigenvalue weighted by Crippen LogP contribution is -2.35. The van der Waals surface area contributed by atoms with Gasteiger partial charge in [0.25, 0.3) is 5.91 Å². The van der Waals surface area contributed by atoms with Gasteiger partial charge in [-0.2, -0.15) is 0 Å². The minimum Gasteiger partial charge on any atom is -0.481 e. The maximum atomic E-state index is 14.4. The molecule has 0 aliphatic heterocycles. The number of aryl methyl sites for hydroxylation is 1. The second-order valence-corrected chi connectivity index (χ2v) is 8.61. The van der Waals surface area contributed by atoms with Crippen LogP contribution in [0.4, 0.5) is 4.39 Å². The molecule has 2 aromatic heterocycles. The van der Waals surface area contributed by atoms with Gasteiger partial charge in [0.15, 0.2) is 6.10 Å². The molecule has 0 radical (unpaired) electrons. The van der Waals surface area contributed by atoms with Crippen molar-refractivity contribution in [3.8, 4) is 16.9 Å². The zero-order chi connectivity index (χ0) is 22.8. The van der Waals surface area contributed by atoms with Crippen molar-refractivity contribution in [2.75, 3.05) is 0 Å². The molecule has 0 aliphatic rings. The topological polar surface area (TPSA) is 68.5 Å². The van der Waals surface area contributed by atoms with E-state index >= 15 is 0 Å². The van der Waals surface area contributed by atoms with E-state index in [1.807, 2.05) is 17.5 Å². The summed E-state index contributed by atoms with van der Waals surface area (Å²) in [5, 5.41) is 5.15. The average molecular weight is 472 g/mol. The molecule has 0 spiro atoms. The number of carbonyl (C=O) groups excluding carboxylic acids is 1. The SMILES string of the molecule is Cc1oc2cc(OC(C)C(=O)NCc3cccs3)ccc2c(=O)c1-c1c(F)cccc1Cl. The molecule has 4 rings (SSSR count). The van der Waals surface area contributed by atoms with Crippen molar-refractivity contribution in [2.45, 2.75) is 26.5 Å². The molecule has 32 heavy (non-hydrogen) atoms. The lowest BCUT2D eigenvalue weighted by molar-refractivity contribution is -0.127. The summed E-state index contributed by atoms with van der Waals surface area (Å²) >= 11 is 7.71. The zero-order valence-corrected chi connectivity index (χ0v) is 18.9. The number of amides is 1. The van der Waals surface area contributed by atoms with E-state index in [9.17, 15) is 14.0 Å². The van der Waals surface area contributed by atoms with Crippen LogP contribution in [0.5, 0.6) is 5.75 Å².